The van der Waals surface area contributed by atoms with Crippen molar-refractivity contribution in [3.05, 3.63) is 45.4 Å². The summed E-state index contributed by atoms with van der Waals surface area (Å²) >= 11 is 1.48. The van der Waals surface area contributed by atoms with E-state index in [1.807, 2.05) is 50.8 Å². The Kier molecular flexibility index (Phi) is 8.28. The zero-order valence-electron chi connectivity index (χ0n) is 21.5. The topological polar surface area (TPSA) is 89.0 Å². The van der Waals surface area contributed by atoms with Crippen LogP contribution in [0.15, 0.2) is 23.6 Å². The monoisotopic (exact) mass is 513 g/mol. The van der Waals surface area contributed by atoms with Gasteiger partial charge in [-0.15, -0.1) is 11.3 Å². The van der Waals surface area contributed by atoms with Crippen molar-refractivity contribution in [1.82, 2.24) is 14.8 Å². The standard InChI is InChI=1S/C27H35N3O5S/c1-17(2)35-27(33)23-6-5-11-30(23)26(32)22-16-36-25(28-22)20-9-12-29(13-10-20)24(31)15-34-21-8-7-18(3)19(4)14-21/h7-8,14,16-17,20,23H,5-6,9-13,15H2,1-4H3. The molecule has 2 aliphatic rings. The molecule has 3 heterocycles. The number of ether oxygens (including phenoxy) is 2. The molecule has 194 valence electrons. The molecule has 0 saturated carbocycles. The van der Waals surface area contributed by atoms with E-state index in [-0.39, 0.29) is 36.4 Å². The summed E-state index contributed by atoms with van der Waals surface area (Å²) in [7, 11) is 0. The van der Waals surface area contributed by atoms with E-state index in [9.17, 15) is 14.4 Å². The van der Waals surface area contributed by atoms with Crippen LogP contribution in [0.4, 0.5) is 0 Å². The molecule has 0 N–H and O–H groups in total. The Balaban J connectivity index is 1.29. The molecule has 36 heavy (non-hydrogen) atoms. The number of hydrogen-bond donors (Lipinski definition) is 0. The normalized spacial score (nSPS) is 18.5. The van der Waals surface area contributed by atoms with Crippen LogP contribution in [-0.4, -0.2) is 71.0 Å². The molecule has 2 aliphatic heterocycles. The summed E-state index contributed by atoms with van der Waals surface area (Å²) in [6.45, 7) is 9.52. The quantitative estimate of drug-likeness (QED) is 0.518. The Morgan fingerprint density at radius 2 is 1.83 bits per heavy atom. The number of piperidine rings is 1. The van der Waals surface area contributed by atoms with Crippen molar-refractivity contribution in [3.8, 4) is 5.75 Å². The highest BCUT2D eigenvalue weighted by Gasteiger charge is 2.37. The van der Waals surface area contributed by atoms with Gasteiger partial charge in [0.15, 0.2) is 6.61 Å². The summed E-state index contributed by atoms with van der Waals surface area (Å²) in [6.07, 6.45) is 2.78. The minimum absolute atomic E-state index is 0.0185. The number of nitrogens with zero attached hydrogens (tertiary/aromatic N) is 3. The van der Waals surface area contributed by atoms with E-state index in [0.717, 1.165) is 29.8 Å². The highest BCUT2D eigenvalue weighted by atomic mass is 32.1. The molecule has 0 bridgehead atoms. The molecule has 8 nitrogen and oxygen atoms in total. The molecular formula is C27H35N3O5S. The van der Waals surface area contributed by atoms with Crippen LogP contribution in [-0.2, 0) is 14.3 Å². The molecule has 0 radical (unpaired) electrons. The average Bonchev–Trinajstić information content (AvgIpc) is 3.54. The van der Waals surface area contributed by atoms with Crippen LogP contribution in [0, 0.1) is 13.8 Å². The second kappa shape index (κ2) is 11.4. The largest absolute Gasteiger partial charge is 0.484 e. The van der Waals surface area contributed by atoms with Gasteiger partial charge < -0.3 is 19.3 Å². The van der Waals surface area contributed by atoms with Crippen LogP contribution in [0.1, 0.15) is 72.1 Å². The predicted octanol–water partition coefficient (Wildman–Crippen LogP) is 4.10. The number of hydrogen-bond acceptors (Lipinski definition) is 7. The van der Waals surface area contributed by atoms with Gasteiger partial charge >= 0.3 is 5.97 Å². The van der Waals surface area contributed by atoms with E-state index in [4.69, 9.17) is 9.47 Å². The van der Waals surface area contributed by atoms with Gasteiger partial charge in [-0.25, -0.2) is 9.78 Å². The molecule has 4 rings (SSSR count). The Labute approximate surface area is 216 Å². The van der Waals surface area contributed by atoms with Gasteiger partial charge in [0.2, 0.25) is 0 Å². The molecule has 0 aliphatic carbocycles. The molecule has 1 unspecified atom stereocenters. The van der Waals surface area contributed by atoms with E-state index in [1.54, 1.807) is 10.3 Å². The lowest BCUT2D eigenvalue weighted by molar-refractivity contribution is -0.152. The highest BCUT2D eigenvalue weighted by Crippen LogP contribution is 2.31. The number of esters is 1. The summed E-state index contributed by atoms with van der Waals surface area (Å²) < 4.78 is 11.1. The number of likely N-dealkylation sites (tertiary alicyclic amines) is 2. The first-order valence-electron chi connectivity index (χ1n) is 12.7. The minimum Gasteiger partial charge on any atom is -0.484 e. The zero-order chi connectivity index (χ0) is 25.8. The third-order valence-corrected chi connectivity index (χ3v) is 7.92. The van der Waals surface area contributed by atoms with Gasteiger partial charge in [0, 0.05) is 30.9 Å². The fraction of sp³-hybridized carbons (Fsp3) is 0.556. The summed E-state index contributed by atoms with van der Waals surface area (Å²) in [5, 5.41) is 2.70. The maximum Gasteiger partial charge on any atom is 0.329 e. The van der Waals surface area contributed by atoms with E-state index in [0.29, 0.717) is 37.5 Å². The van der Waals surface area contributed by atoms with E-state index < -0.39 is 6.04 Å². The first kappa shape index (κ1) is 26.1. The van der Waals surface area contributed by atoms with Gasteiger partial charge in [-0.1, -0.05) is 6.07 Å². The minimum atomic E-state index is -0.537. The molecule has 2 aromatic rings. The molecule has 2 amide bonds. The van der Waals surface area contributed by atoms with Gasteiger partial charge in [-0.2, -0.15) is 0 Å². The fourth-order valence-corrected chi connectivity index (χ4v) is 5.67. The lowest BCUT2D eigenvalue weighted by atomic mass is 9.97. The van der Waals surface area contributed by atoms with Crippen molar-refractivity contribution in [2.75, 3.05) is 26.2 Å². The second-order valence-corrected chi connectivity index (χ2v) is 10.8. The Hall–Kier alpha value is -2.94. The number of rotatable bonds is 7. The summed E-state index contributed by atoms with van der Waals surface area (Å²) in [4.78, 5) is 46.3. The van der Waals surface area contributed by atoms with Crippen molar-refractivity contribution in [2.24, 2.45) is 0 Å². The van der Waals surface area contributed by atoms with Gasteiger partial charge in [0.25, 0.3) is 11.8 Å². The number of aromatic nitrogens is 1. The van der Waals surface area contributed by atoms with Gasteiger partial charge in [0.1, 0.15) is 17.5 Å². The SMILES string of the molecule is Cc1ccc(OCC(=O)N2CCC(c3nc(C(=O)N4CCCC4C(=O)OC(C)C)cs3)CC2)cc1C. The van der Waals surface area contributed by atoms with Crippen molar-refractivity contribution in [2.45, 2.75) is 71.4 Å². The molecule has 1 atom stereocenters. The van der Waals surface area contributed by atoms with Crippen LogP contribution in [0.2, 0.25) is 0 Å². The zero-order valence-corrected chi connectivity index (χ0v) is 22.3. The van der Waals surface area contributed by atoms with Crippen molar-refractivity contribution >= 4 is 29.1 Å². The molecule has 0 spiro atoms. The van der Waals surface area contributed by atoms with Crippen LogP contribution in [0.3, 0.4) is 0 Å². The smallest absolute Gasteiger partial charge is 0.329 e. The number of amides is 2. The fourth-order valence-electron chi connectivity index (χ4n) is 4.70. The number of aryl methyl sites for hydroxylation is 2. The van der Waals surface area contributed by atoms with Gasteiger partial charge in [-0.3, -0.25) is 9.59 Å². The van der Waals surface area contributed by atoms with E-state index in [1.165, 1.54) is 16.9 Å². The summed E-state index contributed by atoms with van der Waals surface area (Å²) in [6, 6.07) is 5.30. The first-order valence-corrected chi connectivity index (χ1v) is 13.6. The third kappa shape index (κ3) is 6.06. The third-order valence-electron chi connectivity index (χ3n) is 6.92. The van der Waals surface area contributed by atoms with E-state index >= 15 is 0 Å². The van der Waals surface area contributed by atoms with E-state index in [2.05, 4.69) is 4.98 Å². The van der Waals surface area contributed by atoms with Crippen LogP contribution in [0.25, 0.3) is 0 Å². The highest BCUT2D eigenvalue weighted by molar-refractivity contribution is 7.09. The second-order valence-electron chi connectivity index (χ2n) is 9.90. The number of thiazole rings is 1. The molecule has 9 heteroatoms. The van der Waals surface area contributed by atoms with Crippen LogP contribution >= 0.6 is 11.3 Å². The molecule has 2 saturated heterocycles. The maximum absolute atomic E-state index is 13.1. The van der Waals surface area contributed by atoms with Crippen LogP contribution in [0.5, 0.6) is 5.75 Å². The summed E-state index contributed by atoms with van der Waals surface area (Å²) in [5.74, 6) is 0.345. The molecule has 2 fully saturated rings. The number of benzene rings is 1. The lowest BCUT2D eigenvalue weighted by Gasteiger charge is -2.31. The number of carbonyl (C=O) groups is 3. The van der Waals surface area contributed by atoms with Crippen molar-refractivity contribution in [1.29, 1.82) is 0 Å². The van der Waals surface area contributed by atoms with Crippen molar-refractivity contribution in [3.63, 3.8) is 0 Å². The lowest BCUT2D eigenvalue weighted by Crippen LogP contribution is -2.42. The first-order chi connectivity index (χ1) is 17.2. The molecular weight excluding hydrogens is 478 g/mol. The van der Waals surface area contributed by atoms with Gasteiger partial charge in [0.05, 0.1) is 11.1 Å². The van der Waals surface area contributed by atoms with Gasteiger partial charge in [-0.05, 0) is 76.6 Å². The predicted molar refractivity (Wildman–Crippen MR) is 137 cm³/mol. The summed E-state index contributed by atoms with van der Waals surface area (Å²) in [5.41, 5.74) is 2.72. The molecule has 1 aromatic carbocycles. The maximum atomic E-state index is 13.1. The number of carbonyl (C=O) groups excluding carboxylic acids is 3. The Bertz CT molecular complexity index is 1110. The average molecular weight is 514 g/mol. The Morgan fingerprint density at radius 3 is 2.53 bits per heavy atom. The molecule has 1 aromatic heterocycles. The van der Waals surface area contributed by atoms with Crippen molar-refractivity contribution < 1.29 is 23.9 Å². The van der Waals surface area contributed by atoms with Crippen LogP contribution < -0.4 is 4.74 Å². The Morgan fingerprint density at radius 1 is 1.08 bits per heavy atom.